The van der Waals surface area contributed by atoms with Crippen molar-refractivity contribution in [3.05, 3.63) is 24.8 Å². The van der Waals surface area contributed by atoms with E-state index in [1.54, 1.807) is 0 Å². The van der Waals surface area contributed by atoms with Crippen LogP contribution in [0.5, 0.6) is 0 Å². The number of hydrogen-bond acceptors (Lipinski definition) is 0. The minimum absolute atomic E-state index is 0.272. The molecular formula is C10H17Cl. The van der Waals surface area contributed by atoms with Gasteiger partial charge in [-0.3, -0.25) is 0 Å². The van der Waals surface area contributed by atoms with Crippen LogP contribution in [0, 0.1) is 0 Å². The molecule has 0 saturated carbocycles. The van der Waals surface area contributed by atoms with Crippen molar-refractivity contribution in [1.82, 2.24) is 0 Å². The Kier molecular flexibility index (Phi) is 7.71. The van der Waals surface area contributed by atoms with Gasteiger partial charge in [-0.1, -0.05) is 25.2 Å². The van der Waals surface area contributed by atoms with E-state index < -0.39 is 0 Å². The van der Waals surface area contributed by atoms with Gasteiger partial charge in [-0.25, -0.2) is 0 Å². The molecule has 0 rings (SSSR count). The number of rotatable bonds is 6. The van der Waals surface area contributed by atoms with Crippen LogP contribution in [0.25, 0.3) is 0 Å². The lowest BCUT2D eigenvalue weighted by Gasteiger charge is -2.02. The second-order valence-electron chi connectivity index (χ2n) is 2.58. The lowest BCUT2D eigenvalue weighted by atomic mass is 10.2. The minimum atomic E-state index is 0.272. The molecule has 0 bridgehead atoms. The molecule has 1 atom stereocenters. The standard InChI is InChI=1S/C10H17Cl/c1-3-5-6-7-9-10(11)8-4-2/h4-6,10H,2-3,7-9H2,1H3/b6-5+. The molecule has 0 nitrogen and oxygen atoms in total. The fourth-order valence-corrected chi connectivity index (χ4v) is 1.11. The summed E-state index contributed by atoms with van der Waals surface area (Å²) in [5, 5.41) is 0.272. The van der Waals surface area contributed by atoms with E-state index in [0.717, 1.165) is 25.7 Å². The number of alkyl halides is 1. The molecule has 0 N–H and O–H groups in total. The molecule has 1 heteroatoms. The summed E-state index contributed by atoms with van der Waals surface area (Å²) in [6.07, 6.45) is 10.4. The van der Waals surface area contributed by atoms with Gasteiger partial charge in [0.15, 0.2) is 0 Å². The van der Waals surface area contributed by atoms with Crippen molar-refractivity contribution in [1.29, 1.82) is 0 Å². The van der Waals surface area contributed by atoms with Gasteiger partial charge in [0.2, 0.25) is 0 Å². The van der Waals surface area contributed by atoms with Crippen LogP contribution in [0.4, 0.5) is 0 Å². The van der Waals surface area contributed by atoms with E-state index in [1.165, 1.54) is 0 Å². The minimum Gasteiger partial charge on any atom is -0.123 e. The average Bonchev–Trinajstić information content (AvgIpc) is 1.99. The van der Waals surface area contributed by atoms with Crippen molar-refractivity contribution in [2.24, 2.45) is 0 Å². The van der Waals surface area contributed by atoms with Gasteiger partial charge >= 0.3 is 0 Å². The molecule has 0 saturated heterocycles. The third kappa shape index (κ3) is 7.67. The molecule has 0 fully saturated rings. The third-order valence-corrected chi connectivity index (χ3v) is 1.87. The summed E-state index contributed by atoms with van der Waals surface area (Å²) in [4.78, 5) is 0. The van der Waals surface area contributed by atoms with Crippen molar-refractivity contribution in [2.45, 2.75) is 38.0 Å². The molecular weight excluding hydrogens is 156 g/mol. The molecule has 0 aromatic carbocycles. The second-order valence-corrected chi connectivity index (χ2v) is 3.20. The smallest absolute Gasteiger partial charge is 0.0373 e. The molecule has 0 aliphatic rings. The Bertz CT molecular complexity index is 116. The van der Waals surface area contributed by atoms with Gasteiger partial charge in [0.05, 0.1) is 0 Å². The van der Waals surface area contributed by atoms with Gasteiger partial charge in [0.1, 0.15) is 0 Å². The summed E-state index contributed by atoms with van der Waals surface area (Å²) in [6, 6.07) is 0. The Hall–Kier alpha value is -0.230. The molecule has 0 radical (unpaired) electrons. The summed E-state index contributed by atoms with van der Waals surface area (Å²) in [5.74, 6) is 0. The molecule has 0 aromatic heterocycles. The van der Waals surface area contributed by atoms with Crippen molar-refractivity contribution in [3.8, 4) is 0 Å². The van der Waals surface area contributed by atoms with Crippen molar-refractivity contribution < 1.29 is 0 Å². The van der Waals surface area contributed by atoms with E-state index in [-0.39, 0.29) is 5.38 Å². The van der Waals surface area contributed by atoms with Gasteiger partial charge in [-0.05, 0) is 25.7 Å². The van der Waals surface area contributed by atoms with Crippen LogP contribution in [-0.4, -0.2) is 5.38 Å². The van der Waals surface area contributed by atoms with Crippen LogP contribution in [-0.2, 0) is 0 Å². The summed E-state index contributed by atoms with van der Waals surface area (Å²) in [7, 11) is 0. The van der Waals surface area contributed by atoms with Crippen LogP contribution in [0.2, 0.25) is 0 Å². The van der Waals surface area contributed by atoms with Gasteiger partial charge in [0.25, 0.3) is 0 Å². The highest BCUT2D eigenvalue weighted by atomic mass is 35.5. The van der Waals surface area contributed by atoms with E-state index in [2.05, 4.69) is 25.7 Å². The van der Waals surface area contributed by atoms with Crippen LogP contribution in [0.1, 0.15) is 32.6 Å². The average molecular weight is 173 g/mol. The van der Waals surface area contributed by atoms with E-state index >= 15 is 0 Å². The molecule has 0 heterocycles. The summed E-state index contributed by atoms with van der Waals surface area (Å²) >= 11 is 5.95. The maximum absolute atomic E-state index is 5.95. The Morgan fingerprint density at radius 3 is 2.73 bits per heavy atom. The Morgan fingerprint density at radius 1 is 1.45 bits per heavy atom. The zero-order valence-electron chi connectivity index (χ0n) is 7.22. The second kappa shape index (κ2) is 7.87. The van der Waals surface area contributed by atoms with Gasteiger partial charge in [0, 0.05) is 5.38 Å². The highest BCUT2D eigenvalue weighted by Crippen LogP contribution is 2.10. The van der Waals surface area contributed by atoms with Crippen molar-refractivity contribution in [3.63, 3.8) is 0 Å². The summed E-state index contributed by atoms with van der Waals surface area (Å²) < 4.78 is 0. The predicted molar refractivity (Wildman–Crippen MR) is 53.1 cm³/mol. The number of halogens is 1. The largest absolute Gasteiger partial charge is 0.123 e. The first-order chi connectivity index (χ1) is 5.31. The Morgan fingerprint density at radius 2 is 2.18 bits per heavy atom. The fourth-order valence-electron chi connectivity index (χ4n) is 0.860. The molecule has 0 spiro atoms. The number of hydrogen-bond donors (Lipinski definition) is 0. The summed E-state index contributed by atoms with van der Waals surface area (Å²) in [5.41, 5.74) is 0. The lowest BCUT2D eigenvalue weighted by molar-refractivity contribution is 0.771. The zero-order chi connectivity index (χ0) is 8.53. The lowest BCUT2D eigenvalue weighted by Crippen LogP contribution is -1.94. The van der Waals surface area contributed by atoms with Crippen LogP contribution in [0.15, 0.2) is 24.8 Å². The predicted octanol–water partition coefficient (Wildman–Crippen LogP) is 3.92. The van der Waals surface area contributed by atoms with Crippen LogP contribution >= 0.6 is 11.6 Å². The van der Waals surface area contributed by atoms with Gasteiger partial charge < -0.3 is 0 Å². The molecule has 0 aromatic rings. The van der Waals surface area contributed by atoms with E-state index in [0.29, 0.717) is 0 Å². The number of allylic oxidation sites excluding steroid dienone is 3. The SMILES string of the molecule is C=CCC(Cl)CC/C=C/CC. The van der Waals surface area contributed by atoms with E-state index in [1.807, 2.05) is 6.08 Å². The maximum atomic E-state index is 5.95. The van der Waals surface area contributed by atoms with Crippen LogP contribution < -0.4 is 0 Å². The van der Waals surface area contributed by atoms with Crippen LogP contribution in [0.3, 0.4) is 0 Å². The monoisotopic (exact) mass is 172 g/mol. The summed E-state index contributed by atoms with van der Waals surface area (Å²) in [6.45, 7) is 5.78. The Labute approximate surface area is 74.9 Å². The molecule has 11 heavy (non-hydrogen) atoms. The van der Waals surface area contributed by atoms with Gasteiger partial charge in [-0.2, -0.15) is 0 Å². The van der Waals surface area contributed by atoms with E-state index in [4.69, 9.17) is 11.6 Å². The first kappa shape index (κ1) is 10.8. The molecule has 0 aliphatic heterocycles. The van der Waals surface area contributed by atoms with Crippen molar-refractivity contribution >= 4 is 11.6 Å². The molecule has 64 valence electrons. The van der Waals surface area contributed by atoms with Crippen molar-refractivity contribution in [2.75, 3.05) is 0 Å². The molecule has 0 amide bonds. The van der Waals surface area contributed by atoms with E-state index in [9.17, 15) is 0 Å². The quantitative estimate of drug-likeness (QED) is 0.421. The molecule has 0 aliphatic carbocycles. The normalized spacial score (nSPS) is 13.6. The highest BCUT2D eigenvalue weighted by molar-refractivity contribution is 6.20. The Balaban J connectivity index is 3.22. The topological polar surface area (TPSA) is 0 Å². The first-order valence-electron chi connectivity index (χ1n) is 4.21. The third-order valence-electron chi connectivity index (χ3n) is 1.47. The first-order valence-corrected chi connectivity index (χ1v) is 4.64. The fraction of sp³-hybridized carbons (Fsp3) is 0.600. The van der Waals surface area contributed by atoms with Gasteiger partial charge in [-0.15, -0.1) is 18.2 Å². The maximum Gasteiger partial charge on any atom is 0.0373 e. The highest BCUT2D eigenvalue weighted by Gasteiger charge is 1.98. The molecule has 1 unspecified atom stereocenters. The zero-order valence-corrected chi connectivity index (χ0v) is 7.98.